The first-order valence-electron chi connectivity index (χ1n) is 8.34. The minimum atomic E-state index is -0.482. The van der Waals surface area contributed by atoms with Gasteiger partial charge in [0.05, 0.1) is 0 Å². The molecule has 1 aromatic carbocycles. The minimum absolute atomic E-state index is 0.0419. The third-order valence-corrected chi connectivity index (χ3v) is 4.13. The van der Waals surface area contributed by atoms with Crippen LogP contribution in [-0.2, 0) is 16.7 Å². The van der Waals surface area contributed by atoms with E-state index in [2.05, 4.69) is 39.0 Å². The van der Waals surface area contributed by atoms with Crippen LogP contribution in [0.15, 0.2) is 18.2 Å². The van der Waals surface area contributed by atoms with E-state index < -0.39 is 5.60 Å². The van der Waals surface area contributed by atoms with Crippen molar-refractivity contribution in [2.24, 2.45) is 5.73 Å². The summed E-state index contributed by atoms with van der Waals surface area (Å²) in [6, 6.07) is 6.42. The van der Waals surface area contributed by atoms with Gasteiger partial charge < -0.3 is 15.4 Å². The van der Waals surface area contributed by atoms with Crippen molar-refractivity contribution in [2.75, 3.05) is 6.54 Å². The Morgan fingerprint density at radius 1 is 1.22 bits per heavy atom. The molecule has 0 spiro atoms. The van der Waals surface area contributed by atoms with Crippen molar-refractivity contribution >= 4 is 6.09 Å². The topological polar surface area (TPSA) is 55.6 Å². The number of hydrogen-bond acceptors (Lipinski definition) is 3. The number of nitrogens with zero attached hydrogens (tertiary/aromatic N) is 1. The molecule has 0 aliphatic carbocycles. The first-order chi connectivity index (χ1) is 10.5. The highest BCUT2D eigenvalue weighted by atomic mass is 16.6. The maximum absolute atomic E-state index is 12.4. The van der Waals surface area contributed by atoms with Crippen LogP contribution in [-0.4, -0.2) is 23.1 Å². The molecule has 0 saturated carbocycles. The molecule has 1 aliphatic rings. The highest BCUT2D eigenvalue weighted by Gasteiger charge is 2.27. The van der Waals surface area contributed by atoms with Gasteiger partial charge in [0.2, 0.25) is 0 Å². The highest BCUT2D eigenvalue weighted by molar-refractivity contribution is 5.68. The molecule has 4 heteroatoms. The predicted octanol–water partition coefficient (Wildman–Crippen LogP) is 4.12. The Morgan fingerprint density at radius 3 is 2.43 bits per heavy atom. The monoisotopic (exact) mass is 318 g/mol. The highest BCUT2D eigenvalue weighted by Crippen LogP contribution is 2.31. The normalized spacial score (nSPS) is 19.1. The minimum Gasteiger partial charge on any atom is -0.444 e. The fraction of sp³-hybridized carbons (Fsp3) is 0.632. The smallest absolute Gasteiger partial charge is 0.410 e. The Hall–Kier alpha value is -1.55. The molecule has 2 N–H and O–H groups in total. The summed E-state index contributed by atoms with van der Waals surface area (Å²) in [5.41, 5.74) is 9.53. The molecule has 4 nitrogen and oxygen atoms in total. The van der Waals surface area contributed by atoms with Crippen molar-refractivity contribution in [2.45, 2.75) is 71.6 Å². The van der Waals surface area contributed by atoms with Crippen LogP contribution < -0.4 is 5.73 Å². The number of carbonyl (C=O) groups is 1. The lowest BCUT2D eigenvalue weighted by Crippen LogP contribution is -2.36. The second kappa shape index (κ2) is 6.16. The average Bonchev–Trinajstić information content (AvgIpc) is 2.55. The van der Waals surface area contributed by atoms with Crippen LogP contribution in [0.5, 0.6) is 0 Å². The third kappa shape index (κ3) is 4.47. The number of ether oxygens (including phenoxy) is 1. The summed E-state index contributed by atoms with van der Waals surface area (Å²) in [7, 11) is 0. The lowest BCUT2D eigenvalue weighted by molar-refractivity contribution is 0.0235. The summed E-state index contributed by atoms with van der Waals surface area (Å²) >= 11 is 0. The second-order valence-electron chi connectivity index (χ2n) is 8.46. The second-order valence-corrected chi connectivity index (χ2v) is 8.46. The summed E-state index contributed by atoms with van der Waals surface area (Å²) in [6.45, 7) is 13.4. The number of amides is 1. The number of carbonyl (C=O) groups excluding carboxylic acids is 1. The zero-order valence-corrected chi connectivity index (χ0v) is 15.3. The summed E-state index contributed by atoms with van der Waals surface area (Å²) in [4.78, 5) is 14.1. The Bertz CT molecular complexity index is 582. The molecule has 1 aliphatic heterocycles. The number of hydrogen-bond donors (Lipinski definition) is 1. The summed E-state index contributed by atoms with van der Waals surface area (Å²) < 4.78 is 5.51. The molecule has 0 radical (unpaired) electrons. The molecular weight excluding hydrogens is 288 g/mol. The molecular formula is C19H30N2O2. The van der Waals surface area contributed by atoms with E-state index in [1.54, 1.807) is 4.90 Å². The van der Waals surface area contributed by atoms with Crippen molar-refractivity contribution in [1.82, 2.24) is 4.90 Å². The Kier molecular flexibility index (Phi) is 4.76. The fourth-order valence-corrected chi connectivity index (χ4v) is 2.77. The van der Waals surface area contributed by atoms with E-state index >= 15 is 0 Å². The van der Waals surface area contributed by atoms with Crippen molar-refractivity contribution < 1.29 is 9.53 Å². The van der Waals surface area contributed by atoms with Gasteiger partial charge >= 0.3 is 6.09 Å². The lowest BCUT2D eigenvalue weighted by atomic mass is 9.84. The van der Waals surface area contributed by atoms with E-state index in [0.717, 1.165) is 17.5 Å². The van der Waals surface area contributed by atoms with Crippen LogP contribution in [0.4, 0.5) is 4.79 Å². The molecule has 1 atom stereocenters. The number of fused-ring (bicyclic) bond motifs is 1. The number of rotatable bonds is 0. The maximum Gasteiger partial charge on any atom is 0.410 e. The molecule has 0 bridgehead atoms. The molecule has 1 amide bonds. The van der Waals surface area contributed by atoms with Crippen LogP contribution in [0.2, 0.25) is 0 Å². The maximum atomic E-state index is 12.4. The van der Waals surface area contributed by atoms with Gasteiger partial charge in [-0.3, -0.25) is 0 Å². The lowest BCUT2D eigenvalue weighted by Gasteiger charge is -2.26. The fourth-order valence-electron chi connectivity index (χ4n) is 2.77. The number of benzene rings is 1. The van der Waals surface area contributed by atoms with Gasteiger partial charge in [-0.2, -0.15) is 0 Å². The molecule has 0 saturated heterocycles. The van der Waals surface area contributed by atoms with E-state index in [1.165, 1.54) is 5.56 Å². The molecule has 23 heavy (non-hydrogen) atoms. The SMILES string of the molecule is CC(C)(C)OC(=O)N1CCC(N)c2cc(C(C)(C)C)ccc2C1. The van der Waals surface area contributed by atoms with Gasteiger partial charge in [-0.1, -0.05) is 39.0 Å². The van der Waals surface area contributed by atoms with E-state index in [0.29, 0.717) is 13.1 Å². The average molecular weight is 318 g/mol. The Morgan fingerprint density at radius 2 is 1.87 bits per heavy atom. The molecule has 1 heterocycles. The van der Waals surface area contributed by atoms with Crippen molar-refractivity contribution in [3.63, 3.8) is 0 Å². The van der Waals surface area contributed by atoms with Gasteiger partial charge in [0.25, 0.3) is 0 Å². The third-order valence-electron chi connectivity index (χ3n) is 4.13. The van der Waals surface area contributed by atoms with Gasteiger partial charge in [-0.25, -0.2) is 4.79 Å². The largest absolute Gasteiger partial charge is 0.444 e. The summed E-state index contributed by atoms with van der Waals surface area (Å²) in [6.07, 6.45) is 0.484. The van der Waals surface area contributed by atoms with Gasteiger partial charge in [-0.05, 0) is 49.3 Å². The molecule has 1 aromatic rings. The Balaban J connectivity index is 2.27. The molecule has 0 fully saturated rings. The molecule has 0 aromatic heterocycles. The van der Waals surface area contributed by atoms with Gasteiger partial charge in [0.1, 0.15) is 5.60 Å². The van der Waals surface area contributed by atoms with Gasteiger partial charge in [0, 0.05) is 19.1 Å². The quantitative estimate of drug-likeness (QED) is 0.782. The Labute approximate surface area is 140 Å². The van der Waals surface area contributed by atoms with Crippen LogP contribution >= 0.6 is 0 Å². The first kappa shape index (κ1) is 17.8. The van der Waals surface area contributed by atoms with Crippen molar-refractivity contribution in [1.29, 1.82) is 0 Å². The van der Waals surface area contributed by atoms with Crippen LogP contribution in [0.3, 0.4) is 0 Å². The summed E-state index contributed by atoms with van der Waals surface area (Å²) in [5, 5.41) is 0. The van der Waals surface area contributed by atoms with Crippen LogP contribution in [0, 0.1) is 0 Å². The van der Waals surface area contributed by atoms with E-state index in [-0.39, 0.29) is 17.6 Å². The predicted molar refractivity (Wildman–Crippen MR) is 93.3 cm³/mol. The van der Waals surface area contributed by atoms with Gasteiger partial charge in [-0.15, -0.1) is 0 Å². The molecule has 1 unspecified atom stereocenters. The van der Waals surface area contributed by atoms with Crippen molar-refractivity contribution in [3.05, 3.63) is 34.9 Å². The van der Waals surface area contributed by atoms with E-state index in [9.17, 15) is 4.79 Å². The van der Waals surface area contributed by atoms with Gasteiger partial charge in [0.15, 0.2) is 0 Å². The van der Waals surface area contributed by atoms with Crippen LogP contribution in [0.1, 0.15) is 70.7 Å². The standard InChI is InChI=1S/C19H30N2O2/c1-18(2,3)14-8-7-13-12-21(17(22)23-19(4,5)6)10-9-16(20)15(13)11-14/h7-8,11,16H,9-10,12,20H2,1-6H3. The van der Waals surface area contributed by atoms with Crippen LogP contribution in [0.25, 0.3) is 0 Å². The van der Waals surface area contributed by atoms with E-state index in [4.69, 9.17) is 10.5 Å². The summed E-state index contributed by atoms with van der Waals surface area (Å²) in [5.74, 6) is 0. The number of nitrogens with two attached hydrogens (primary N) is 1. The zero-order valence-electron chi connectivity index (χ0n) is 15.3. The van der Waals surface area contributed by atoms with Crippen molar-refractivity contribution in [3.8, 4) is 0 Å². The first-order valence-corrected chi connectivity index (χ1v) is 8.34. The molecule has 2 rings (SSSR count). The zero-order chi connectivity index (χ0) is 17.4. The van der Waals surface area contributed by atoms with E-state index in [1.807, 2.05) is 20.8 Å². The molecule has 128 valence electrons.